The first-order valence-corrected chi connectivity index (χ1v) is 6.36. The number of carbonyl (C=O) groups is 1. The Morgan fingerprint density at radius 2 is 2.00 bits per heavy atom. The van der Waals surface area contributed by atoms with Crippen molar-refractivity contribution in [2.75, 3.05) is 20.7 Å². The molecule has 0 aromatic carbocycles. The molecule has 2 unspecified atom stereocenters. The van der Waals surface area contributed by atoms with Gasteiger partial charge >= 0.3 is 0 Å². The van der Waals surface area contributed by atoms with Gasteiger partial charge in [0.15, 0.2) is 0 Å². The van der Waals surface area contributed by atoms with Crippen LogP contribution in [0.2, 0.25) is 0 Å². The summed E-state index contributed by atoms with van der Waals surface area (Å²) in [5, 5.41) is 6.15. The summed E-state index contributed by atoms with van der Waals surface area (Å²) in [6.45, 7) is 7.30. The van der Waals surface area contributed by atoms with Crippen molar-refractivity contribution < 1.29 is 9.53 Å². The largest absolute Gasteiger partial charge is 0.378 e. The van der Waals surface area contributed by atoms with Crippen LogP contribution in [-0.4, -0.2) is 38.3 Å². The number of carbonyl (C=O) groups excluding carboxylic acids is 1. The van der Waals surface area contributed by atoms with Crippen LogP contribution in [0.3, 0.4) is 0 Å². The number of ether oxygens (including phenoxy) is 1. The van der Waals surface area contributed by atoms with Gasteiger partial charge in [-0.25, -0.2) is 0 Å². The fraction of sp³-hybridized carbons (Fsp3) is 0.923. The molecule has 1 aliphatic carbocycles. The highest BCUT2D eigenvalue weighted by Gasteiger charge is 2.58. The van der Waals surface area contributed by atoms with E-state index in [9.17, 15) is 4.79 Å². The first-order chi connectivity index (χ1) is 7.87. The maximum absolute atomic E-state index is 11.7. The maximum atomic E-state index is 11.7. The van der Waals surface area contributed by atoms with Crippen molar-refractivity contribution in [3.05, 3.63) is 0 Å². The van der Waals surface area contributed by atoms with Gasteiger partial charge in [-0.05, 0) is 33.4 Å². The Hall–Kier alpha value is -0.320. The second kappa shape index (κ2) is 6.73. The number of hydrogen-bond acceptors (Lipinski definition) is 3. The third-order valence-electron chi connectivity index (χ3n) is 4.44. The number of nitrogens with one attached hydrogen (secondary N) is 2. The van der Waals surface area contributed by atoms with Crippen LogP contribution in [0.4, 0.5) is 0 Å². The maximum Gasteiger partial charge on any atom is 0.220 e. The van der Waals surface area contributed by atoms with Crippen molar-refractivity contribution in [1.29, 1.82) is 0 Å². The van der Waals surface area contributed by atoms with Crippen LogP contribution in [0.15, 0.2) is 0 Å². The lowest BCUT2D eigenvalue weighted by molar-refractivity contribution is -0.182. The zero-order chi connectivity index (χ0) is 13.1. The fourth-order valence-electron chi connectivity index (χ4n) is 2.42. The molecule has 1 amide bonds. The average Bonchev–Trinajstić information content (AvgIpc) is 2.28. The van der Waals surface area contributed by atoms with E-state index in [-0.39, 0.29) is 35.4 Å². The molecule has 0 spiro atoms. The van der Waals surface area contributed by atoms with Gasteiger partial charge in [-0.15, -0.1) is 12.4 Å². The lowest BCUT2D eigenvalue weighted by atomic mass is 9.56. The van der Waals surface area contributed by atoms with E-state index in [2.05, 4.69) is 31.4 Å². The van der Waals surface area contributed by atoms with Gasteiger partial charge in [0.25, 0.3) is 0 Å². The smallest absolute Gasteiger partial charge is 0.220 e. The average molecular weight is 279 g/mol. The highest BCUT2D eigenvalue weighted by Crippen LogP contribution is 2.51. The molecule has 0 saturated heterocycles. The summed E-state index contributed by atoms with van der Waals surface area (Å²) >= 11 is 0. The molecule has 0 aliphatic heterocycles. The van der Waals surface area contributed by atoms with Crippen LogP contribution in [0.5, 0.6) is 0 Å². The van der Waals surface area contributed by atoms with E-state index in [1.807, 2.05) is 7.05 Å². The minimum absolute atomic E-state index is 0. The predicted molar refractivity (Wildman–Crippen MR) is 76.2 cm³/mol. The Morgan fingerprint density at radius 1 is 1.39 bits per heavy atom. The predicted octanol–water partition coefficient (Wildman–Crippen LogP) is 1.73. The molecule has 1 fully saturated rings. The fourth-order valence-corrected chi connectivity index (χ4v) is 2.42. The molecule has 0 heterocycles. The second-order valence-electron chi connectivity index (χ2n) is 5.69. The summed E-state index contributed by atoms with van der Waals surface area (Å²) in [5.74, 6) is 0.150. The topological polar surface area (TPSA) is 50.4 Å². The zero-order valence-corrected chi connectivity index (χ0v) is 12.9. The standard InChI is InChI=1S/C13H26N2O2.ClH/c1-12(2)10(9-13(12,3)17-5)15-11(16)7-6-8-14-4;/h10,14H,6-9H2,1-5H3,(H,15,16);1H. The van der Waals surface area contributed by atoms with Crippen molar-refractivity contribution in [1.82, 2.24) is 10.6 Å². The third kappa shape index (κ3) is 3.37. The molecule has 1 rings (SSSR count). The summed E-state index contributed by atoms with van der Waals surface area (Å²) in [5.41, 5.74) is -0.115. The Morgan fingerprint density at radius 3 is 2.44 bits per heavy atom. The summed E-state index contributed by atoms with van der Waals surface area (Å²) in [4.78, 5) is 11.7. The summed E-state index contributed by atoms with van der Waals surface area (Å²) in [7, 11) is 3.64. The van der Waals surface area contributed by atoms with Crippen LogP contribution >= 0.6 is 12.4 Å². The molecular weight excluding hydrogens is 252 g/mol. The van der Waals surface area contributed by atoms with Gasteiger partial charge in [-0.3, -0.25) is 4.79 Å². The van der Waals surface area contributed by atoms with E-state index < -0.39 is 0 Å². The number of rotatable bonds is 6. The molecule has 4 nitrogen and oxygen atoms in total. The molecular formula is C13H27ClN2O2. The van der Waals surface area contributed by atoms with Crippen molar-refractivity contribution >= 4 is 18.3 Å². The summed E-state index contributed by atoms with van der Waals surface area (Å²) in [6, 6.07) is 0.231. The van der Waals surface area contributed by atoms with Crippen LogP contribution in [-0.2, 0) is 9.53 Å². The van der Waals surface area contributed by atoms with Gasteiger partial charge in [0.2, 0.25) is 5.91 Å². The zero-order valence-electron chi connectivity index (χ0n) is 12.1. The number of hydrogen-bond donors (Lipinski definition) is 2. The minimum atomic E-state index is -0.115. The first-order valence-electron chi connectivity index (χ1n) is 6.36. The van der Waals surface area contributed by atoms with E-state index in [0.29, 0.717) is 6.42 Å². The van der Waals surface area contributed by atoms with Gasteiger partial charge in [0, 0.05) is 25.0 Å². The molecule has 0 aromatic heterocycles. The highest BCUT2D eigenvalue weighted by atomic mass is 35.5. The summed E-state index contributed by atoms with van der Waals surface area (Å²) < 4.78 is 5.54. The second-order valence-corrected chi connectivity index (χ2v) is 5.69. The van der Waals surface area contributed by atoms with Crippen molar-refractivity contribution in [3.8, 4) is 0 Å². The van der Waals surface area contributed by atoms with Crippen LogP contribution in [0.25, 0.3) is 0 Å². The number of halogens is 1. The van der Waals surface area contributed by atoms with Crippen LogP contribution < -0.4 is 10.6 Å². The third-order valence-corrected chi connectivity index (χ3v) is 4.44. The van der Waals surface area contributed by atoms with Crippen molar-refractivity contribution in [3.63, 3.8) is 0 Å². The van der Waals surface area contributed by atoms with E-state index in [1.165, 1.54) is 0 Å². The quantitative estimate of drug-likeness (QED) is 0.728. The van der Waals surface area contributed by atoms with Gasteiger partial charge in [0.1, 0.15) is 0 Å². The highest BCUT2D eigenvalue weighted by molar-refractivity contribution is 5.85. The molecule has 18 heavy (non-hydrogen) atoms. The first kappa shape index (κ1) is 17.7. The number of amides is 1. The van der Waals surface area contributed by atoms with Gasteiger partial charge in [-0.2, -0.15) is 0 Å². The Kier molecular flexibility index (Phi) is 6.61. The lowest BCUT2D eigenvalue weighted by Gasteiger charge is -2.59. The van der Waals surface area contributed by atoms with Gasteiger partial charge in [-0.1, -0.05) is 13.8 Å². The van der Waals surface area contributed by atoms with E-state index in [4.69, 9.17) is 4.74 Å². The molecule has 2 N–H and O–H groups in total. The monoisotopic (exact) mass is 278 g/mol. The van der Waals surface area contributed by atoms with Crippen molar-refractivity contribution in [2.45, 2.75) is 51.7 Å². The molecule has 0 radical (unpaired) electrons. The SMILES string of the molecule is CNCCCC(=O)NC1CC(C)(OC)C1(C)C.Cl. The number of methoxy groups -OCH3 is 1. The summed E-state index contributed by atoms with van der Waals surface area (Å²) in [6.07, 6.45) is 2.38. The Balaban J connectivity index is 0.00000289. The molecule has 0 aromatic rings. The normalized spacial score (nSPS) is 29.1. The molecule has 1 saturated carbocycles. The Bertz CT molecular complexity index is 284. The van der Waals surface area contributed by atoms with Gasteiger partial charge < -0.3 is 15.4 Å². The van der Waals surface area contributed by atoms with E-state index in [0.717, 1.165) is 19.4 Å². The molecule has 2 atom stereocenters. The Labute approximate surface area is 117 Å². The lowest BCUT2D eigenvalue weighted by Crippen LogP contribution is -2.68. The molecule has 5 heteroatoms. The van der Waals surface area contributed by atoms with Crippen LogP contribution in [0, 0.1) is 5.41 Å². The van der Waals surface area contributed by atoms with E-state index in [1.54, 1.807) is 7.11 Å². The van der Waals surface area contributed by atoms with Crippen LogP contribution in [0.1, 0.15) is 40.0 Å². The molecule has 0 bridgehead atoms. The van der Waals surface area contributed by atoms with Gasteiger partial charge in [0.05, 0.1) is 5.60 Å². The van der Waals surface area contributed by atoms with E-state index >= 15 is 0 Å². The van der Waals surface area contributed by atoms with Crippen molar-refractivity contribution in [2.24, 2.45) is 5.41 Å². The molecule has 108 valence electrons. The molecule has 1 aliphatic rings. The minimum Gasteiger partial charge on any atom is -0.378 e.